The van der Waals surface area contributed by atoms with Crippen LogP contribution < -0.4 is 5.01 Å². The van der Waals surface area contributed by atoms with E-state index in [9.17, 15) is 24.1 Å². The number of esters is 1. The van der Waals surface area contributed by atoms with Gasteiger partial charge in [0.2, 0.25) is 5.13 Å². The maximum absolute atomic E-state index is 13.6. The van der Waals surface area contributed by atoms with Crippen LogP contribution in [0.2, 0.25) is 0 Å². The molecule has 34 heavy (non-hydrogen) atoms. The SMILES string of the molecule is COC(=O)c1ccc(C(=O)N(/N=C/c2ccc([N+](=O)[O-])cc2)c2nc3ccc(F)cc3s2)cc1. The number of nitro groups is 1. The molecule has 0 bridgehead atoms. The molecule has 0 unspecified atom stereocenters. The highest BCUT2D eigenvalue weighted by atomic mass is 32.1. The molecule has 0 radical (unpaired) electrons. The van der Waals surface area contributed by atoms with Crippen molar-refractivity contribution in [1.82, 2.24) is 4.98 Å². The van der Waals surface area contributed by atoms with Gasteiger partial charge in [-0.1, -0.05) is 11.3 Å². The molecule has 1 aromatic heterocycles. The fraction of sp³-hybridized carbons (Fsp3) is 0.0435. The van der Waals surface area contributed by atoms with Gasteiger partial charge in [0.15, 0.2) is 0 Å². The second-order valence-electron chi connectivity index (χ2n) is 6.89. The molecule has 0 atom stereocenters. The number of hydrogen-bond donors (Lipinski definition) is 0. The Hall–Kier alpha value is -4.51. The second-order valence-corrected chi connectivity index (χ2v) is 7.90. The number of rotatable bonds is 6. The van der Waals surface area contributed by atoms with Gasteiger partial charge in [-0.3, -0.25) is 14.9 Å². The lowest BCUT2D eigenvalue weighted by molar-refractivity contribution is -0.384. The predicted molar refractivity (Wildman–Crippen MR) is 125 cm³/mol. The first-order valence-electron chi connectivity index (χ1n) is 9.73. The second kappa shape index (κ2) is 9.55. The van der Waals surface area contributed by atoms with Gasteiger partial charge in [-0.15, -0.1) is 0 Å². The number of carbonyl (C=O) groups is 2. The van der Waals surface area contributed by atoms with E-state index < -0.39 is 22.6 Å². The standard InChI is InChI=1S/C23H15FN4O5S/c1-33-22(30)16-6-4-15(5-7-16)21(29)27(23-26-19-11-8-17(24)12-20(19)34-23)25-13-14-2-9-18(10-3-14)28(31)32/h2-13H,1H3/b25-13+. The number of methoxy groups -OCH3 is 1. The number of nitro benzene ring substituents is 1. The van der Waals surface area contributed by atoms with Gasteiger partial charge < -0.3 is 4.74 Å². The quantitative estimate of drug-likeness (QED) is 0.170. The van der Waals surface area contributed by atoms with Crippen molar-refractivity contribution in [1.29, 1.82) is 0 Å². The number of benzene rings is 3. The minimum absolute atomic E-state index is 0.0797. The zero-order valence-corrected chi connectivity index (χ0v) is 18.4. The highest BCUT2D eigenvalue weighted by molar-refractivity contribution is 7.22. The number of fused-ring (bicyclic) bond motifs is 1. The van der Waals surface area contributed by atoms with Crippen molar-refractivity contribution in [2.45, 2.75) is 0 Å². The number of amides is 1. The highest BCUT2D eigenvalue weighted by Crippen LogP contribution is 2.30. The van der Waals surface area contributed by atoms with Gasteiger partial charge in [-0.2, -0.15) is 10.1 Å². The Kier molecular flexibility index (Phi) is 6.37. The molecule has 0 N–H and O–H groups in total. The van der Waals surface area contributed by atoms with Gasteiger partial charge in [-0.05, 0) is 60.2 Å². The van der Waals surface area contributed by atoms with Crippen LogP contribution in [0.4, 0.5) is 15.2 Å². The molecule has 3 aromatic carbocycles. The van der Waals surface area contributed by atoms with Gasteiger partial charge in [0, 0.05) is 17.7 Å². The maximum atomic E-state index is 13.6. The van der Waals surface area contributed by atoms with Crippen molar-refractivity contribution in [3.05, 3.63) is 99.4 Å². The zero-order chi connectivity index (χ0) is 24.2. The number of anilines is 1. The summed E-state index contributed by atoms with van der Waals surface area (Å²) < 4.78 is 18.8. The summed E-state index contributed by atoms with van der Waals surface area (Å²) in [6, 6.07) is 15.5. The van der Waals surface area contributed by atoms with Crippen LogP contribution in [0.5, 0.6) is 0 Å². The largest absolute Gasteiger partial charge is 0.465 e. The Morgan fingerprint density at radius 1 is 1.09 bits per heavy atom. The van der Waals surface area contributed by atoms with Gasteiger partial charge in [0.05, 0.1) is 34.0 Å². The Balaban J connectivity index is 1.71. The molecular weight excluding hydrogens is 463 g/mol. The van der Waals surface area contributed by atoms with Crippen LogP contribution in [0.1, 0.15) is 26.3 Å². The molecule has 9 nitrogen and oxygen atoms in total. The molecule has 170 valence electrons. The van der Waals surface area contributed by atoms with Gasteiger partial charge >= 0.3 is 5.97 Å². The molecule has 4 aromatic rings. The average molecular weight is 478 g/mol. The Bertz CT molecular complexity index is 1420. The third-order valence-electron chi connectivity index (χ3n) is 4.69. The van der Waals surface area contributed by atoms with Crippen LogP contribution in [-0.4, -0.2) is 35.1 Å². The van der Waals surface area contributed by atoms with Gasteiger partial charge in [-0.25, -0.2) is 14.2 Å². The first kappa shape index (κ1) is 22.7. The molecule has 0 spiro atoms. The third-order valence-corrected chi connectivity index (χ3v) is 5.69. The summed E-state index contributed by atoms with van der Waals surface area (Å²) in [6.45, 7) is 0. The zero-order valence-electron chi connectivity index (χ0n) is 17.5. The van der Waals surface area contributed by atoms with Crippen LogP contribution in [0.25, 0.3) is 10.2 Å². The molecule has 11 heteroatoms. The van der Waals surface area contributed by atoms with Gasteiger partial charge in [0.1, 0.15) is 5.82 Å². The highest BCUT2D eigenvalue weighted by Gasteiger charge is 2.22. The number of hydrogen-bond acceptors (Lipinski definition) is 8. The monoisotopic (exact) mass is 478 g/mol. The van der Waals surface area contributed by atoms with Crippen LogP contribution in [0.15, 0.2) is 71.8 Å². The lowest BCUT2D eigenvalue weighted by Gasteiger charge is -2.14. The van der Waals surface area contributed by atoms with E-state index in [2.05, 4.69) is 14.8 Å². The summed E-state index contributed by atoms with van der Waals surface area (Å²) in [6.07, 6.45) is 1.36. The van der Waals surface area contributed by atoms with E-state index in [1.807, 2.05) is 0 Å². The number of halogens is 1. The van der Waals surface area contributed by atoms with Gasteiger partial charge in [0.25, 0.3) is 11.6 Å². The molecule has 0 saturated carbocycles. The van der Waals surface area contributed by atoms with E-state index in [1.54, 1.807) is 0 Å². The lowest BCUT2D eigenvalue weighted by Crippen LogP contribution is -2.25. The van der Waals surface area contributed by atoms with Crippen molar-refractivity contribution in [3.63, 3.8) is 0 Å². The van der Waals surface area contributed by atoms with Crippen molar-refractivity contribution in [3.8, 4) is 0 Å². The van der Waals surface area contributed by atoms with Crippen molar-refractivity contribution in [2.75, 3.05) is 12.1 Å². The molecule has 0 fully saturated rings. The number of nitrogens with zero attached hydrogens (tertiary/aromatic N) is 4. The van der Waals surface area contributed by atoms with Crippen molar-refractivity contribution < 1.29 is 23.6 Å². The molecule has 0 saturated heterocycles. The number of aromatic nitrogens is 1. The summed E-state index contributed by atoms with van der Waals surface area (Å²) >= 11 is 1.07. The number of thiazole rings is 1. The van der Waals surface area contributed by atoms with Crippen LogP contribution in [-0.2, 0) is 4.74 Å². The van der Waals surface area contributed by atoms with E-state index in [0.29, 0.717) is 15.8 Å². The molecule has 1 heterocycles. The Labute approximate surface area is 195 Å². The Morgan fingerprint density at radius 2 is 1.76 bits per heavy atom. The van der Waals surface area contributed by atoms with Crippen molar-refractivity contribution in [2.24, 2.45) is 5.10 Å². The predicted octanol–water partition coefficient (Wildman–Crippen LogP) is 4.81. The number of carbonyl (C=O) groups excluding carboxylic acids is 2. The van der Waals surface area contributed by atoms with E-state index in [4.69, 9.17) is 0 Å². The minimum Gasteiger partial charge on any atom is -0.465 e. The average Bonchev–Trinajstić information content (AvgIpc) is 3.26. The van der Waals surface area contributed by atoms with Crippen LogP contribution in [0.3, 0.4) is 0 Å². The van der Waals surface area contributed by atoms with E-state index in [0.717, 1.165) is 16.3 Å². The van der Waals surface area contributed by atoms with E-state index >= 15 is 0 Å². The smallest absolute Gasteiger partial charge is 0.337 e. The van der Waals surface area contributed by atoms with Crippen LogP contribution in [0, 0.1) is 15.9 Å². The summed E-state index contributed by atoms with van der Waals surface area (Å²) in [5.74, 6) is -1.53. The number of ether oxygens (including phenoxy) is 1. The third kappa shape index (κ3) is 4.79. The summed E-state index contributed by atoms with van der Waals surface area (Å²) in [7, 11) is 1.26. The molecule has 4 rings (SSSR count). The lowest BCUT2D eigenvalue weighted by atomic mass is 10.1. The summed E-state index contributed by atoms with van der Waals surface area (Å²) in [5, 5.41) is 16.4. The molecule has 0 aliphatic rings. The molecular formula is C23H15FN4O5S. The normalized spacial score (nSPS) is 11.0. The Morgan fingerprint density at radius 3 is 2.41 bits per heavy atom. The maximum Gasteiger partial charge on any atom is 0.337 e. The van der Waals surface area contributed by atoms with E-state index in [1.165, 1.54) is 80.1 Å². The van der Waals surface area contributed by atoms with E-state index in [-0.39, 0.29) is 21.9 Å². The fourth-order valence-electron chi connectivity index (χ4n) is 2.96. The first-order valence-corrected chi connectivity index (χ1v) is 10.5. The number of hydrazone groups is 1. The number of non-ortho nitro benzene ring substituents is 1. The molecule has 1 amide bonds. The summed E-state index contributed by atoms with van der Waals surface area (Å²) in [5.41, 5.74) is 1.42. The van der Waals surface area contributed by atoms with Crippen LogP contribution >= 0.6 is 11.3 Å². The molecule has 0 aliphatic carbocycles. The van der Waals surface area contributed by atoms with Crippen molar-refractivity contribution >= 4 is 50.5 Å². The summed E-state index contributed by atoms with van der Waals surface area (Å²) in [4.78, 5) is 39.7. The molecule has 0 aliphatic heterocycles. The topological polar surface area (TPSA) is 115 Å². The first-order chi connectivity index (χ1) is 16.4. The minimum atomic E-state index is -0.547. The fourth-order valence-corrected chi connectivity index (χ4v) is 3.91.